The molecule has 1 amide bonds. The highest BCUT2D eigenvalue weighted by Crippen LogP contribution is 2.56. The van der Waals surface area contributed by atoms with Crippen molar-refractivity contribution in [3.05, 3.63) is 46.2 Å². The second-order valence-corrected chi connectivity index (χ2v) is 10.1. The molecule has 0 saturated heterocycles. The number of carbonyl (C=O) groups is 1. The monoisotopic (exact) mass is 453 g/mol. The predicted octanol–water partition coefficient (Wildman–Crippen LogP) is 6.09. The van der Waals surface area contributed by atoms with Crippen LogP contribution in [0.1, 0.15) is 44.7 Å². The number of carbonyl (C=O) groups excluding carboxylic acids is 1. The number of ether oxygens (including phenoxy) is 1. The van der Waals surface area contributed by atoms with Crippen molar-refractivity contribution in [2.24, 2.45) is 0 Å². The van der Waals surface area contributed by atoms with Crippen LogP contribution in [0.5, 0.6) is 0 Å². The zero-order chi connectivity index (χ0) is 20.6. The van der Waals surface area contributed by atoms with Gasteiger partial charge in [-0.15, -0.1) is 0 Å². The summed E-state index contributed by atoms with van der Waals surface area (Å²) in [4.78, 5) is 22.6. The number of halogens is 1. The van der Waals surface area contributed by atoms with Crippen LogP contribution in [0.15, 0.2) is 35.1 Å². The molecule has 6 heteroatoms. The van der Waals surface area contributed by atoms with Gasteiger partial charge in [0.2, 0.25) is 0 Å². The van der Waals surface area contributed by atoms with Gasteiger partial charge in [0.25, 0.3) is 0 Å². The molecule has 150 valence electrons. The Morgan fingerprint density at radius 2 is 2.03 bits per heavy atom. The molecule has 1 aliphatic heterocycles. The highest BCUT2D eigenvalue weighted by Gasteiger charge is 2.54. The number of anilines is 1. The molecule has 1 saturated carbocycles. The first-order valence-corrected chi connectivity index (χ1v) is 10.7. The van der Waals surface area contributed by atoms with Crippen LogP contribution in [-0.2, 0) is 10.2 Å². The molecule has 3 heterocycles. The summed E-state index contributed by atoms with van der Waals surface area (Å²) in [5, 5.41) is 1.16. The zero-order valence-corrected chi connectivity index (χ0v) is 18.7. The summed E-state index contributed by atoms with van der Waals surface area (Å²) in [5.74, 6) is 0.748. The van der Waals surface area contributed by atoms with E-state index in [1.54, 1.807) is 4.90 Å². The molecule has 1 spiro atoms. The second-order valence-electron chi connectivity index (χ2n) is 9.29. The van der Waals surface area contributed by atoms with Crippen LogP contribution in [-0.4, -0.2) is 28.2 Å². The lowest BCUT2D eigenvalue weighted by atomic mass is 9.96. The number of hydrogen-bond acceptors (Lipinski definition) is 3. The van der Waals surface area contributed by atoms with E-state index in [1.807, 2.05) is 33.2 Å². The van der Waals surface area contributed by atoms with E-state index in [0.717, 1.165) is 45.2 Å². The average molecular weight is 454 g/mol. The van der Waals surface area contributed by atoms with E-state index in [0.29, 0.717) is 6.54 Å². The fourth-order valence-corrected chi connectivity index (χ4v) is 4.55. The Morgan fingerprint density at radius 1 is 1.28 bits per heavy atom. The van der Waals surface area contributed by atoms with Crippen molar-refractivity contribution >= 4 is 38.7 Å². The molecule has 0 atom stereocenters. The summed E-state index contributed by atoms with van der Waals surface area (Å²) >= 11 is 3.65. The molecule has 3 aromatic rings. The Hall–Kier alpha value is -2.34. The van der Waals surface area contributed by atoms with Gasteiger partial charge in [0, 0.05) is 56.4 Å². The van der Waals surface area contributed by atoms with Gasteiger partial charge < -0.3 is 9.72 Å². The average Bonchev–Trinajstić information content (AvgIpc) is 3.20. The van der Waals surface area contributed by atoms with E-state index >= 15 is 0 Å². The third-order valence-corrected chi connectivity index (χ3v) is 6.75. The Bertz CT molecular complexity index is 1150. The van der Waals surface area contributed by atoms with Crippen LogP contribution >= 0.6 is 15.9 Å². The highest BCUT2D eigenvalue weighted by molar-refractivity contribution is 9.10. The summed E-state index contributed by atoms with van der Waals surface area (Å²) in [6.07, 6.45) is 5.77. The molecule has 0 unspecified atom stereocenters. The van der Waals surface area contributed by atoms with E-state index in [1.165, 1.54) is 11.1 Å². The number of aromatic amines is 1. The number of amides is 1. The fraction of sp³-hybridized carbons (Fsp3) is 0.391. The minimum Gasteiger partial charge on any atom is -0.443 e. The van der Waals surface area contributed by atoms with Gasteiger partial charge in [-0.25, -0.2) is 9.78 Å². The van der Waals surface area contributed by atoms with Gasteiger partial charge in [-0.3, -0.25) is 4.90 Å². The number of hydrogen-bond donors (Lipinski definition) is 1. The maximum Gasteiger partial charge on any atom is 0.416 e. The van der Waals surface area contributed by atoms with Gasteiger partial charge in [0.1, 0.15) is 11.4 Å². The lowest BCUT2D eigenvalue weighted by molar-refractivity contribution is 0.0580. The number of nitrogens with one attached hydrogen (secondary N) is 1. The molecule has 1 aliphatic carbocycles. The molecule has 1 N–H and O–H groups in total. The largest absolute Gasteiger partial charge is 0.443 e. The molecule has 2 aromatic heterocycles. The molecule has 1 aromatic carbocycles. The fourth-order valence-electron chi connectivity index (χ4n) is 4.21. The Kier molecular flexibility index (Phi) is 3.92. The van der Waals surface area contributed by atoms with Crippen molar-refractivity contribution < 1.29 is 9.53 Å². The van der Waals surface area contributed by atoms with Crippen molar-refractivity contribution in [3.8, 4) is 11.1 Å². The summed E-state index contributed by atoms with van der Waals surface area (Å²) in [7, 11) is 0. The number of aromatic nitrogens is 2. The van der Waals surface area contributed by atoms with E-state index < -0.39 is 5.60 Å². The number of benzene rings is 1. The Balaban J connectivity index is 1.57. The molecule has 0 bridgehead atoms. The van der Waals surface area contributed by atoms with Crippen LogP contribution in [0.4, 0.5) is 10.6 Å². The Morgan fingerprint density at radius 3 is 2.72 bits per heavy atom. The normalized spacial score (nSPS) is 17.1. The molecule has 29 heavy (non-hydrogen) atoms. The number of pyridine rings is 1. The van der Waals surface area contributed by atoms with Crippen molar-refractivity contribution in [2.75, 3.05) is 11.4 Å². The molecule has 1 fully saturated rings. The third-order valence-electron chi connectivity index (χ3n) is 5.89. The number of aryl methyl sites for hydroxylation is 1. The van der Waals surface area contributed by atoms with E-state index in [2.05, 4.69) is 46.0 Å². The van der Waals surface area contributed by atoms with Crippen molar-refractivity contribution in [1.82, 2.24) is 9.97 Å². The maximum atomic E-state index is 12.8. The van der Waals surface area contributed by atoms with Gasteiger partial charge in [0.15, 0.2) is 0 Å². The SMILES string of the molecule is Cc1cc2[nH]cc(-c3cnc4c(c3)C3(CC3)CN4C(=O)OC(C)(C)C)c2cc1Br. The van der Waals surface area contributed by atoms with Gasteiger partial charge in [-0.2, -0.15) is 0 Å². The van der Waals surface area contributed by atoms with Gasteiger partial charge in [0.05, 0.1) is 0 Å². The standard InChI is InChI=1S/C23H24BrN3O2/c1-13-7-19-15(9-18(13)24)16(11-25-19)14-8-17-20(26-10-14)27(12-23(17)5-6-23)21(28)29-22(2,3)4/h7-11,25H,5-6,12H2,1-4H3. The number of nitrogens with zero attached hydrogens (tertiary/aromatic N) is 2. The minimum absolute atomic E-state index is 0.0402. The van der Waals surface area contributed by atoms with E-state index in [9.17, 15) is 4.79 Å². The van der Waals surface area contributed by atoms with Crippen LogP contribution in [0.3, 0.4) is 0 Å². The van der Waals surface area contributed by atoms with Crippen LogP contribution < -0.4 is 4.90 Å². The topological polar surface area (TPSA) is 58.2 Å². The van der Waals surface area contributed by atoms with Crippen molar-refractivity contribution in [1.29, 1.82) is 0 Å². The van der Waals surface area contributed by atoms with E-state index in [-0.39, 0.29) is 11.5 Å². The first kappa shape index (κ1) is 18.7. The highest BCUT2D eigenvalue weighted by atomic mass is 79.9. The third kappa shape index (κ3) is 3.05. The minimum atomic E-state index is -0.522. The smallest absolute Gasteiger partial charge is 0.416 e. The molecule has 5 nitrogen and oxygen atoms in total. The molecule has 5 rings (SSSR count). The number of rotatable bonds is 1. The number of fused-ring (bicyclic) bond motifs is 3. The van der Waals surface area contributed by atoms with Gasteiger partial charge >= 0.3 is 6.09 Å². The van der Waals surface area contributed by atoms with Crippen molar-refractivity contribution in [2.45, 2.75) is 51.6 Å². The van der Waals surface area contributed by atoms with Crippen LogP contribution in [0, 0.1) is 6.92 Å². The summed E-state index contributed by atoms with van der Waals surface area (Å²) < 4.78 is 6.71. The van der Waals surface area contributed by atoms with Crippen LogP contribution in [0.25, 0.3) is 22.0 Å². The quantitative estimate of drug-likeness (QED) is 0.484. The molecule has 2 aliphatic rings. The van der Waals surface area contributed by atoms with Gasteiger partial charge in [-0.05, 0) is 64.3 Å². The van der Waals surface area contributed by atoms with E-state index in [4.69, 9.17) is 9.72 Å². The second kappa shape index (κ2) is 6.08. The Labute approximate surface area is 178 Å². The van der Waals surface area contributed by atoms with Crippen LogP contribution in [0.2, 0.25) is 0 Å². The van der Waals surface area contributed by atoms with Crippen molar-refractivity contribution in [3.63, 3.8) is 0 Å². The number of H-pyrrole nitrogens is 1. The predicted molar refractivity (Wildman–Crippen MR) is 118 cm³/mol. The maximum absolute atomic E-state index is 12.8. The molecular weight excluding hydrogens is 430 g/mol. The first-order valence-electron chi connectivity index (χ1n) is 9.96. The zero-order valence-electron chi connectivity index (χ0n) is 17.1. The molecule has 0 radical (unpaired) electrons. The van der Waals surface area contributed by atoms with Gasteiger partial charge in [-0.1, -0.05) is 15.9 Å². The lowest BCUT2D eigenvalue weighted by Crippen LogP contribution is -2.37. The first-order chi connectivity index (χ1) is 13.7. The summed E-state index contributed by atoms with van der Waals surface area (Å²) in [6.45, 7) is 8.42. The lowest BCUT2D eigenvalue weighted by Gasteiger charge is -2.24. The molecular formula is C23H24BrN3O2. The summed E-state index contributed by atoms with van der Waals surface area (Å²) in [5.41, 5.74) is 5.19. The summed E-state index contributed by atoms with van der Waals surface area (Å²) in [6, 6.07) is 6.52.